The lowest BCUT2D eigenvalue weighted by Crippen LogP contribution is -2.27. The summed E-state index contributed by atoms with van der Waals surface area (Å²) in [7, 11) is 0. The quantitative estimate of drug-likeness (QED) is 0.0532. The minimum atomic E-state index is -0.498. The first-order valence-electron chi connectivity index (χ1n) is 20.4. The second kappa shape index (κ2) is 33.1. The van der Waals surface area contributed by atoms with E-state index < -0.39 is 11.2 Å². The standard InChI is InChI=1S/C42H82O3/c1-5-9-11-13-15-17-19-21-23-25-29-35-41(43,7-3)37-31-27-33-39-45-40-34-28-32-38-42(44,8-4)36-30-26-24-22-20-18-16-14-12-10-6-2/h33-34,39-40,43-44H,5-32,35-38H2,1-4H3. The van der Waals surface area contributed by atoms with Gasteiger partial charge >= 0.3 is 0 Å². The van der Waals surface area contributed by atoms with Crippen LogP contribution in [0, 0.1) is 0 Å². The van der Waals surface area contributed by atoms with Crippen LogP contribution < -0.4 is 0 Å². The van der Waals surface area contributed by atoms with Gasteiger partial charge in [-0.15, -0.1) is 0 Å². The average molecular weight is 635 g/mol. The highest BCUT2D eigenvalue weighted by Gasteiger charge is 2.23. The predicted molar refractivity (Wildman–Crippen MR) is 200 cm³/mol. The van der Waals surface area contributed by atoms with Crippen LogP contribution in [-0.4, -0.2) is 21.4 Å². The number of allylic oxidation sites excluding steroid dienone is 2. The Morgan fingerprint density at radius 1 is 0.378 bits per heavy atom. The summed E-state index contributed by atoms with van der Waals surface area (Å²) < 4.78 is 5.55. The summed E-state index contributed by atoms with van der Waals surface area (Å²) in [4.78, 5) is 0. The predicted octanol–water partition coefficient (Wildman–Crippen LogP) is 14.1. The summed E-state index contributed by atoms with van der Waals surface area (Å²) in [5.41, 5.74) is -0.997. The summed E-state index contributed by atoms with van der Waals surface area (Å²) in [5.74, 6) is 0. The van der Waals surface area contributed by atoms with Crippen molar-refractivity contribution >= 4 is 0 Å². The maximum atomic E-state index is 11.0. The minimum absolute atomic E-state index is 0.498. The Kier molecular flexibility index (Phi) is 32.5. The first kappa shape index (κ1) is 44.2. The third-order valence-corrected chi connectivity index (χ3v) is 10.2. The fourth-order valence-electron chi connectivity index (χ4n) is 6.58. The molecule has 0 aromatic rings. The summed E-state index contributed by atoms with van der Waals surface area (Å²) in [6.45, 7) is 8.82. The van der Waals surface area contributed by atoms with Crippen molar-refractivity contribution in [1.29, 1.82) is 0 Å². The van der Waals surface area contributed by atoms with Gasteiger partial charge in [0.15, 0.2) is 0 Å². The zero-order valence-electron chi connectivity index (χ0n) is 31.2. The molecule has 0 rings (SSSR count). The van der Waals surface area contributed by atoms with Gasteiger partial charge in [-0.2, -0.15) is 0 Å². The molecule has 3 nitrogen and oxygen atoms in total. The molecule has 0 aromatic carbocycles. The van der Waals surface area contributed by atoms with Gasteiger partial charge in [0.25, 0.3) is 0 Å². The van der Waals surface area contributed by atoms with E-state index in [0.717, 1.165) is 77.0 Å². The van der Waals surface area contributed by atoms with Crippen LogP contribution in [0.15, 0.2) is 24.7 Å². The zero-order valence-corrected chi connectivity index (χ0v) is 31.2. The molecule has 0 saturated carbocycles. The number of hydrogen-bond donors (Lipinski definition) is 2. The van der Waals surface area contributed by atoms with Gasteiger partial charge in [0.1, 0.15) is 0 Å². The Balaban J connectivity index is 3.78. The van der Waals surface area contributed by atoms with Crippen molar-refractivity contribution in [3.8, 4) is 0 Å². The molecule has 2 unspecified atom stereocenters. The fourth-order valence-corrected chi connectivity index (χ4v) is 6.58. The van der Waals surface area contributed by atoms with E-state index >= 15 is 0 Å². The Bertz CT molecular complexity index is 590. The average Bonchev–Trinajstić information content (AvgIpc) is 3.05. The highest BCUT2D eigenvalue weighted by molar-refractivity contribution is 4.84. The van der Waals surface area contributed by atoms with Crippen LogP contribution >= 0.6 is 0 Å². The van der Waals surface area contributed by atoms with Crippen LogP contribution in [-0.2, 0) is 4.74 Å². The third kappa shape index (κ3) is 30.3. The Labute approximate surface area is 283 Å². The van der Waals surface area contributed by atoms with Gasteiger partial charge in [0.05, 0.1) is 23.7 Å². The van der Waals surface area contributed by atoms with E-state index in [9.17, 15) is 10.2 Å². The molecular formula is C42H82O3. The highest BCUT2D eigenvalue weighted by atomic mass is 16.5. The number of hydrogen-bond acceptors (Lipinski definition) is 3. The molecule has 0 amide bonds. The van der Waals surface area contributed by atoms with Gasteiger partial charge < -0.3 is 14.9 Å². The van der Waals surface area contributed by atoms with Crippen molar-refractivity contribution in [2.75, 3.05) is 0 Å². The van der Waals surface area contributed by atoms with Crippen LogP contribution in [0.2, 0.25) is 0 Å². The maximum Gasteiger partial charge on any atom is 0.0861 e. The van der Waals surface area contributed by atoms with Gasteiger partial charge in [-0.3, -0.25) is 0 Å². The molecule has 0 aromatic heterocycles. The van der Waals surface area contributed by atoms with Crippen molar-refractivity contribution in [2.45, 2.75) is 244 Å². The number of aliphatic hydroxyl groups is 2. The van der Waals surface area contributed by atoms with Crippen molar-refractivity contribution in [3.63, 3.8) is 0 Å². The molecule has 268 valence electrons. The monoisotopic (exact) mass is 635 g/mol. The largest absolute Gasteiger partial charge is 0.473 e. The van der Waals surface area contributed by atoms with Crippen LogP contribution in [0.3, 0.4) is 0 Å². The molecule has 0 fully saturated rings. The van der Waals surface area contributed by atoms with Crippen molar-refractivity contribution in [3.05, 3.63) is 24.7 Å². The van der Waals surface area contributed by atoms with Crippen LogP contribution in [0.5, 0.6) is 0 Å². The first-order valence-corrected chi connectivity index (χ1v) is 20.4. The number of ether oxygens (including phenoxy) is 1. The first-order chi connectivity index (χ1) is 21.9. The topological polar surface area (TPSA) is 49.7 Å². The Morgan fingerprint density at radius 3 is 0.933 bits per heavy atom. The third-order valence-electron chi connectivity index (χ3n) is 10.2. The molecule has 0 bridgehead atoms. The molecule has 0 saturated heterocycles. The van der Waals surface area contributed by atoms with E-state index in [1.54, 1.807) is 12.5 Å². The number of rotatable bonds is 36. The molecule has 2 N–H and O–H groups in total. The number of unbranched alkanes of at least 4 members (excludes halogenated alkanes) is 22. The molecule has 2 atom stereocenters. The van der Waals surface area contributed by atoms with Crippen LogP contribution in [0.25, 0.3) is 0 Å². The Hall–Kier alpha value is -0.800. The molecule has 0 heterocycles. The smallest absolute Gasteiger partial charge is 0.0861 e. The van der Waals surface area contributed by atoms with Gasteiger partial charge in [-0.25, -0.2) is 0 Å². The van der Waals surface area contributed by atoms with Gasteiger partial charge in [0.2, 0.25) is 0 Å². The van der Waals surface area contributed by atoms with Crippen molar-refractivity contribution in [2.24, 2.45) is 0 Å². The van der Waals surface area contributed by atoms with E-state index in [4.69, 9.17) is 4.74 Å². The molecule has 0 spiro atoms. The molecule has 45 heavy (non-hydrogen) atoms. The summed E-state index contributed by atoms with van der Waals surface area (Å²) in [6.07, 6.45) is 46.6. The van der Waals surface area contributed by atoms with E-state index in [0.29, 0.717) is 0 Å². The summed E-state index contributed by atoms with van der Waals surface area (Å²) in [6, 6.07) is 0. The molecule has 0 aliphatic heterocycles. The maximum absolute atomic E-state index is 11.0. The second-order valence-electron chi connectivity index (χ2n) is 14.4. The lowest BCUT2D eigenvalue weighted by atomic mass is 9.88. The van der Waals surface area contributed by atoms with E-state index in [1.807, 2.05) is 0 Å². The molecule has 0 aliphatic rings. The molecular weight excluding hydrogens is 552 g/mol. The Morgan fingerprint density at radius 2 is 0.644 bits per heavy atom. The van der Waals surface area contributed by atoms with Gasteiger partial charge in [-0.05, 0) is 76.4 Å². The molecule has 0 radical (unpaired) electrons. The zero-order chi connectivity index (χ0) is 33.2. The lowest BCUT2D eigenvalue weighted by Gasteiger charge is -2.26. The van der Waals surface area contributed by atoms with E-state index in [-0.39, 0.29) is 0 Å². The second-order valence-corrected chi connectivity index (χ2v) is 14.4. The van der Waals surface area contributed by atoms with Gasteiger partial charge in [0, 0.05) is 0 Å². The van der Waals surface area contributed by atoms with E-state index in [1.165, 1.54) is 128 Å². The molecule has 0 aliphatic carbocycles. The van der Waals surface area contributed by atoms with E-state index in [2.05, 4.69) is 39.8 Å². The van der Waals surface area contributed by atoms with Crippen molar-refractivity contribution < 1.29 is 14.9 Å². The molecule has 3 heteroatoms. The van der Waals surface area contributed by atoms with Gasteiger partial charge in [-0.1, -0.05) is 169 Å². The van der Waals surface area contributed by atoms with Crippen molar-refractivity contribution in [1.82, 2.24) is 0 Å². The van der Waals surface area contributed by atoms with Crippen LogP contribution in [0.4, 0.5) is 0 Å². The van der Waals surface area contributed by atoms with Crippen LogP contribution in [0.1, 0.15) is 233 Å². The lowest BCUT2D eigenvalue weighted by molar-refractivity contribution is 0.0144. The SMILES string of the molecule is CCCCCCCCCCCCCC(O)(CC)CCCC=COC=CCCCC(O)(CC)CCCCCCCCCCCCC. The fraction of sp³-hybridized carbons (Fsp3) is 0.905. The minimum Gasteiger partial charge on any atom is -0.473 e. The highest BCUT2D eigenvalue weighted by Crippen LogP contribution is 2.27. The summed E-state index contributed by atoms with van der Waals surface area (Å²) in [5, 5.41) is 22.0. The summed E-state index contributed by atoms with van der Waals surface area (Å²) >= 11 is 0. The normalized spacial score (nSPS) is 14.8.